The predicted molar refractivity (Wildman–Crippen MR) is 83.4 cm³/mol. The fraction of sp³-hybridized carbons (Fsp3) is 0.500. The van der Waals surface area contributed by atoms with Gasteiger partial charge < -0.3 is 5.32 Å². The standard InChI is InChI=1S/C14H17N3OS2/c1-8-9(2)20-14-12(8)13(15-7-16-14)19-6-5-11(18)17-10-3-4-10/h7,10H,3-6H2,1-2H3,(H,17,18). The van der Waals surface area contributed by atoms with E-state index in [0.717, 1.165) is 33.8 Å². The number of fused-ring (bicyclic) bond motifs is 1. The molecule has 1 aliphatic carbocycles. The van der Waals surface area contributed by atoms with Gasteiger partial charge in [0.25, 0.3) is 0 Å². The van der Waals surface area contributed by atoms with Gasteiger partial charge in [0.2, 0.25) is 5.91 Å². The van der Waals surface area contributed by atoms with Crippen LogP contribution < -0.4 is 5.32 Å². The third-order valence-electron chi connectivity index (χ3n) is 3.44. The summed E-state index contributed by atoms with van der Waals surface area (Å²) >= 11 is 3.35. The summed E-state index contributed by atoms with van der Waals surface area (Å²) < 4.78 is 0. The summed E-state index contributed by atoms with van der Waals surface area (Å²) in [5.41, 5.74) is 1.26. The van der Waals surface area contributed by atoms with Gasteiger partial charge in [-0.1, -0.05) is 0 Å². The molecule has 0 spiro atoms. The highest BCUT2D eigenvalue weighted by atomic mass is 32.2. The van der Waals surface area contributed by atoms with E-state index in [1.807, 2.05) is 0 Å². The molecule has 2 aromatic heterocycles. The molecule has 2 aromatic rings. The highest BCUT2D eigenvalue weighted by Crippen LogP contribution is 2.34. The van der Waals surface area contributed by atoms with Gasteiger partial charge in [-0.05, 0) is 32.3 Å². The Kier molecular flexibility index (Phi) is 3.94. The molecule has 0 radical (unpaired) electrons. The van der Waals surface area contributed by atoms with Gasteiger partial charge in [0.1, 0.15) is 16.2 Å². The minimum absolute atomic E-state index is 0.156. The van der Waals surface area contributed by atoms with Gasteiger partial charge in [-0.25, -0.2) is 9.97 Å². The second-order valence-corrected chi connectivity index (χ2v) is 7.37. The predicted octanol–water partition coefficient (Wildman–Crippen LogP) is 3.07. The van der Waals surface area contributed by atoms with Crippen molar-refractivity contribution in [2.45, 2.75) is 44.2 Å². The van der Waals surface area contributed by atoms with Crippen molar-refractivity contribution < 1.29 is 4.79 Å². The molecule has 1 saturated carbocycles. The topological polar surface area (TPSA) is 54.9 Å². The van der Waals surface area contributed by atoms with Crippen LogP contribution >= 0.6 is 23.1 Å². The Morgan fingerprint density at radius 1 is 1.45 bits per heavy atom. The molecule has 1 N–H and O–H groups in total. The maximum atomic E-state index is 11.7. The van der Waals surface area contributed by atoms with Crippen molar-refractivity contribution in [3.05, 3.63) is 16.8 Å². The van der Waals surface area contributed by atoms with E-state index in [1.165, 1.54) is 10.4 Å². The lowest BCUT2D eigenvalue weighted by Gasteiger charge is -2.04. The van der Waals surface area contributed by atoms with Crippen molar-refractivity contribution in [2.24, 2.45) is 0 Å². The summed E-state index contributed by atoms with van der Waals surface area (Å²) in [4.78, 5) is 22.7. The first-order chi connectivity index (χ1) is 9.65. The quantitative estimate of drug-likeness (QED) is 0.681. The average Bonchev–Trinajstić information content (AvgIpc) is 3.17. The zero-order valence-electron chi connectivity index (χ0n) is 11.6. The molecule has 0 aliphatic heterocycles. The Morgan fingerprint density at radius 2 is 2.25 bits per heavy atom. The number of aryl methyl sites for hydroxylation is 2. The van der Waals surface area contributed by atoms with Gasteiger partial charge in [0, 0.05) is 28.5 Å². The van der Waals surface area contributed by atoms with Crippen LogP contribution in [0.3, 0.4) is 0 Å². The van der Waals surface area contributed by atoms with Crippen LogP contribution in [0.4, 0.5) is 0 Å². The number of rotatable bonds is 5. The van der Waals surface area contributed by atoms with Crippen molar-refractivity contribution in [2.75, 3.05) is 5.75 Å². The van der Waals surface area contributed by atoms with Gasteiger partial charge in [0.05, 0.1) is 0 Å². The molecule has 0 aromatic carbocycles. The van der Waals surface area contributed by atoms with E-state index in [2.05, 4.69) is 29.1 Å². The van der Waals surface area contributed by atoms with Crippen LogP contribution in [0.2, 0.25) is 0 Å². The molecule has 2 heterocycles. The molecule has 1 amide bonds. The van der Waals surface area contributed by atoms with Crippen LogP contribution in [0.15, 0.2) is 11.4 Å². The second kappa shape index (κ2) is 5.69. The average molecular weight is 307 g/mol. The Morgan fingerprint density at radius 3 is 3.00 bits per heavy atom. The smallest absolute Gasteiger partial charge is 0.221 e. The SMILES string of the molecule is Cc1sc2ncnc(SCCC(=O)NC3CC3)c2c1C. The number of hydrogen-bond donors (Lipinski definition) is 1. The van der Waals surface area contributed by atoms with E-state index in [-0.39, 0.29) is 5.91 Å². The van der Waals surface area contributed by atoms with Gasteiger partial charge in [-0.2, -0.15) is 0 Å². The summed E-state index contributed by atoms with van der Waals surface area (Å²) in [5, 5.41) is 5.16. The minimum Gasteiger partial charge on any atom is -0.353 e. The Balaban J connectivity index is 1.66. The number of nitrogens with one attached hydrogen (secondary N) is 1. The van der Waals surface area contributed by atoms with Gasteiger partial charge in [-0.3, -0.25) is 4.79 Å². The molecule has 106 valence electrons. The van der Waals surface area contributed by atoms with Crippen molar-refractivity contribution in [3.63, 3.8) is 0 Å². The van der Waals surface area contributed by atoms with Gasteiger partial charge >= 0.3 is 0 Å². The van der Waals surface area contributed by atoms with E-state index >= 15 is 0 Å². The molecule has 1 aliphatic rings. The van der Waals surface area contributed by atoms with E-state index in [1.54, 1.807) is 29.4 Å². The van der Waals surface area contributed by atoms with Crippen LogP contribution in [0.25, 0.3) is 10.2 Å². The molecular weight excluding hydrogens is 290 g/mol. The summed E-state index contributed by atoms with van der Waals surface area (Å²) in [6.45, 7) is 4.22. The molecule has 3 rings (SSSR count). The number of carbonyl (C=O) groups excluding carboxylic acids is 1. The van der Waals surface area contributed by atoms with Crippen LogP contribution in [0.5, 0.6) is 0 Å². The highest BCUT2D eigenvalue weighted by Gasteiger charge is 2.23. The Labute approximate surface area is 126 Å². The third-order valence-corrected chi connectivity index (χ3v) is 5.55. The number of thioether (sulfide) groups is 1. The third kappa shape index (κ3) is 2.96. The molecule has 0 bridgehead atoms. The van der Waals surface area contributed by atoms with Crippen LogP contribution in [0.1, 0.15) is 29.7 Å². The summed E-state index contributed by atoms with van der Waals surface area (Å²) in [6, 6.07) is 0.444. The van der Waals surface area contributed by atoms with E-state index in [9.17, 15) is 4.79 Å². The lowest BCUT2D eigenvalue weighted by molar-refractivity contribution is -0.120. The van der Waals surface area contributed by atoms with Crippen LogP contribution in [-0.4, -0.2) is 27.7 Å². The Bertz CT molecular complexity index is 649. The normalized spacial score (nSPS) is 14.7. The number of amides is 1. The number of carbonyl (C=O) groups is 1. The van der Waals surface area contributed by atoms with Crippen LogP contribution in [0, 0.1) is 13.8 Å². The fourth-order valence-electron chi connectivity index (χ4n) is 2.03. The number of hydrogen-bond acceptors (Lipinski definition) is 5. The molecule has 1 fully saturated rings. The maximum Gasteiger partial charge on any atom is 0.221 e. The molecule has 0 unspecified atom stereocenters. The lowest BCUT2D eigenvalue weighted by Crippen LogP contribution is -2.25. The molecular formula is C14H17N3OS2. The first-order valence-electron chi connectivity index (χ1n) is 6.78. The Hall–Kier alpha value is -1.14. The molecule has 0 atom stereocenters. The maximum absolute atomic E-state index is 11.7. The number of thiophene rings is 1. The highest BCUT2D eigenvalue weighted by molar-refractivity contribution is 7.99. The van der Waals surface area contributed by atoms with Crippen molar-refractivity contribution >= 4 is 39.2 Å². The fourth-order valence-corrected chi connectivity index (χ4v) is 4.09. The molecule has 4 nitrogen and oxygen atoms in total. The largest absolute Gasteiger partial charge is 0.353 e. The second-order valence-electron chi connectivity index (χ2n) is 5.08. The summed E-state index contributed by atoms with van der Waals surface area (Å²) in [7, 11) is 0. The van der Waals surface area contributed by atoms with Crippen molar-refractivity contribution in [1.29, 1.82) is 0 Å². The van der Waals surface area contributed by atoms with E-state index < -0.39 is 0 Å². The first-order valence-corrected chi connectivity index (χ1v) is 8.58. The number of nitrogens with zero attached hydrogens (tertiary/aromatic N) is 2. The number of aromatic nitrogens is 2. The van der Waals surface area contributed by atoms with Crippen LogP contribution in [-0.2, 0) is 4.79 Å². The lowest BCUT2D eigenvalue weighted by atomic mass is 10.2. The van der Waals surface area contributed by atoms with E-state index in [4.69, 9.17) is 0 Å². The van der Waals surface area contributed by atoms with Crippen molar-refractivity contribution in [1.82, 2.24) is 15.3 Å². The zero-order valence-corrected chi connectivity index (χ0v) is 13.2. The van der Waals surface area contributed by atoms with Crippen molar-refractivity contribution in [3.8, 4) is 0 Å². The zero-order chi connectivity index (χ0) is 14.1. The first kappa shape index (κ1) is 13.8. The van der Waals surface area contributed by atoms with Gasteiger partial charge in [-0.15, -0.1) is 23.1 Å². The van der Waals surface area contributed by atoms with Gasteiger partial charge in [0.15, 0.2) is 0 Å². The molecule has 20 heavy (non-hydrogen) atoms. The molecule has 0 saturated heterocycles. The summed E-state index contributed by atoms with van der Waals surface area (Å²) in [5.74, 6) is 0.919. The monoisotopic (exact) mass is 307 g/mol. The molecule has 6 heteroatoms. The minimum atomic E-state index is 0.156. The van der Waals surface area contributed by atoms with E-state index in [0.29, 0.717) is 12.5 Å². The summed E-state index contributed by atoms with van der Waals surface area (Å²) in [6.07, 6.45) is 4.44.